The molecule has 0 spiro atoms. The van der Waals surface area contributed by atoms with E-state index in [1.807, 2.05) is 27.0 Å². The van der Waals surface area contributed by atoms with E-state index in [1.54, 1.807) is 21.1 Å². The van der Waals surface area contributed by atoms with Gasteiger partial charge in [0.05, 0.1) is 18.7 Å². The van der Waals surface area contributed by atoms with Crippen molar-refractivity contribution in [2.24, 2.45) is 11.7 Å². The van der Waals surface area contributed by atoms with Gasteiger partial charge in [-0.15, -0.1) is 0 Å². The summed E-state index contributed by atoms with van der Waals surface area (Å²) in [5.74, 6) is 0.433. The van der Waals surface area contributed by atoms with E-state index in [-0.39, 0.29) is 29.8 Å². The molecular weight excluding hydrogens is 268 g/mol. The monoisotopic (exact) mass is 298 g/mol. The number of ether oxygens (including phenoxy) is 2. The molecule has 2 N–H and O–H groups in total. The van der Waals surface area contributed by atoms with E-state index in [4.69, 9.17) is 15.2 Å². The Labute approximate surface area is 128 Å². The maximum Gasteiger partial charge on any atom is 0.146 e. The van der Waals surface area contributed by atoms with Crippen molar-refractivity contribution in [2.75, 3.05) is 27.9 Å². The van der Waals surface area contributed by atoms with Gasteiger partial charge in [0, 0.05) is 20.3 Å². The number of hydrogen-bond acceptors (Lipinski definition) is 5. The predicted molar refractivity (Wildman–Crippen MR) is 84.2 cm³/mol. The first-order valence-corrected chi connectivity index (χ1v) is 7.47. The molecule has 0 radical (unpaired) electrons. The number of methoxy groups -OCH3 is 2. The van der Waals surface area contributed by atoms with Gasteiger partial charge in [0.2, 0.25) is 0 Å². The molecule has 0 unspecified atom stereocenters. The molecule has 1 saturated heterocycles. The Bertz CT molecular complexity index is 386. The zero-order chi connectivity index (χ0) is 16.2. The second kappa shape index (κ2) is 7.49. The van der Waals surface area contributed by atoms with E-state index in [0.29, 0.717) is 6.61 Å². The average Bonchev–Trinajstić information content (AvgIpc) is 2.75. The first-order chi connectivity index (χ1) is 9.82. The zero-order valence-electron chi connectivity index (χ0n) is 14.1. The fraction of sp³-hybridized carbons (Fsp3) is 0.812. The van der Waals surface area contributed by atoms with Gasteiger partial charge in [-0.3, -0.25) is 9.69 Å². The number of carbonyl (C=O) groups excluding carboxylic acids is 1. The van der Waals surface area contributed by atoms with Crippen LogP contribution < -0.4 is 5.73 Å². The lowest BCUT2D eigenvalue weighted by atomic mass is 9.84. The van der Waals surface area contributed by atoms with Gasteiger partial charge < -0.3 is 15.2 Å². The van der Waals surface area contributed by atoms with E-state index in [2.05, 4.69) is 11.0 Å². The smallest absolute Gasteiger partial charge is 0.146 e. The number of hydrogen-bond donors (Lipinski definition) is 1. The minimum Gasteiger partial charge on any atom is -0.382 e. The van der Waals surface area contributed by atoms with Crippen LogP contribution in [0.2, 0.25) is 0 Å². The molecule has 1 aliphatic rings. The molecule has 0 bridgehead atoms. The maximum absolute atomic E-state index is 11.9. The quantitative estimate of drug-likeness (QED) is 0.716. The summed E-state index contributed by atoms with van der Waals surface area (Å²) < 4.78 is 10.9. The van der Waals surface area contributed by atoms with Crippen molar-refractivity contribution in [1.29, 1.82) is 0 Å². The summed E-state index contributed by atoms with van der Waals surface area (Å²) in [5, 5.41) is 0. The molecule has 0 saturated carbocycles. The van der Waals surface area contributed by atoms with Crippen molar-refractivity contribution in [2.45, 2.75) is 50.9 Å². The third kappa shape index (κ3) is 3.72. The molecule has 0 amide bonds. The lowest BCUT2D eigenvalue weighted by molar-refractivity contribution is -0.122. The van der Waals surface area contributed by atoms with Crippen LogP contribution in [0.1, 0.15) is 27.2 Å². The minimum absolute atomic E-state index is 0.0511. The number of likely N-dealkylation sites (N-methyl/N-ethyl adjacent to an activating group) is 1. The molecular formula is C16H30N2O3. The Morgan fingerprint density at radius 3 is 2.57 bits per heavy atom. The van der Waals surface area contributed by atoms with Gasteiger partial charge in [-0.25, -0.2) is 0 Å². The van der Waals surface area contributed by atoms with Gasteiger partial charge >= 0.3 is 0 Å². The number of nitrogens with two attached hydrogens (primary N) is 1. The standard InChI is InChI=1S/C16H30N2O3/c1-7-8-12-9-13(11(2)19)18(4)14(12)15(17)16(3,21-6)10-20-5/h7-8,12-15H,9-10,17H2,1-6H3/b8-7-/t12-,13-,14-,15-,16+/m1/s1. The number of ketones is 1. The lowest BCUT2D eigenvalue weighted by Crippen LogP contribution is -2.61. The summed E-state index contributed by atoms with van der Waals surface area (Å²) in [5.41, 5.74) is 5.95. The molecule has 5 heteroatoms. The second-order valence-corrected chi connectivity index (χ2v) is 6.18. The summed E-state index contributed by atoms with van der Waals surface area (Å²) >= 11 is 0. The Hall–Kier alpha value is -0.750. The molecule has 5 nitrogen and oxygen atoms in total. The zero-order valence-corrected chi connectivity index (χ0v) is 14.1. The second-order valence-electron chi connectivity index (χ2n) is 6.18. The van der Waals surface area contributed by atoms with E-state index in [1.165, 1.54) is 0 Å². The van der Waals surface area contributed by atoms with E-state index in [9.17, 15) is 4.79 Å². The van der Waals surface area contributed by atoms with Gasteiger partial charge in [0.1, 0.15) is 11.4 Å². The molecule has 1 fully saturated rings. The van der Waals surface area contributed by atoms with Crippen LogP contribution in [0.3, 0.4) is 0 Å². The van der Waals surface area contributed by atoms with Crippen LogP contribution in [0.4, 0.5) is 0 Å². The van der Waals surface area contributed by atoms with Gasteiger partial charge in [0.15, 0.2) is 0 Å². The number of likely N-dealkylation sites (tertiary alicyclic amines) is 1. The van der Waals surface area contributed by atoms with Crippen LogP contribution >= 0.6 is 0 Å². The number of nitrogens with zero attached hydrogens (tertiary/aromatic N) is 1. The Kier molecular flexibility index (Phi) is 6.53. The summed E-state index contributed by atoms with van der Waals surface area (Å²) in [6, 6.07) is -0.279. The third-order valence-electron chi connectivity index (χ3n) is 4.78. The van der Waals surface area contributed by atoms with Crippen LogP contribution in [0.15, 0.2) is 12.2 Å². The summed E-state index contributed by atoms with van der Waals surface area (Å²) in [6.07, 6.45) is 4.98. The van der Waals surface area contributed by atoms with Crippen LogP contribution in [0.25, 0.3) is 0 Å². The average molecular weight is 298 g/mol. The third-order valence-corrected chi connectivity index (χ3v) is 4.78. The Balaban J connectivity index is 3.07. The van der Waals surface area contributed by atoms with Gasteiger partial charge in [-0.05, 0) is 40.2 Å². The number of rotatable bonds is 7. The number of allylic oxidation sites excluding steroid dienone is 1. The van der Waals surface area contributed by atoms with Crippen LogP contribution in [0, 0.1) is 5.92 Å². The van der Waals surface area contributed by atoms with Crippen molar-refractivity contribution in [3.05, 3.63) is 12.2 Å². The molecule has 1 aliphatic heterocycles. The molecule has 0 aromatic rings. The van der Waals surface area contributed by atoms with Crippen molar-refractivity contribution >= 4 is 5.78 Å². The molecule has 0 aliphatic carbocycles. The normalized spacial score (nSPS) is 31.5. The van der Waals surface area contributed by atoms with E-state index >= 15 is 0 Å². The Morgan fingerprint density at radius 1 is 1.52 bits per heavy atom. The van der Waals surface area contributed by atoms with Gasteiger partial charge in [-0.2, -0.15) is 0 Å². The summed E-state index contributed by atoms with van der Waals surface area (Å²) in [7, 11) is 5.27. The lowest BCUT2D eigenvalue weighted by Gasteiger charge is -2.41. The van der Waals surface area contributed by atoms with Gasteiger partial charge in [-0.1, -0.05) is 12.2 Å². The summed E-state index contributed by atoms with van der Waals surface area (Å²) in [6.45, 7) is 6.02. The first kappa shape index (κ1) is 18.3. The Morgan fingerprint density at radius 2 is 2.14 bits per heavy atom. The predicted octanol–water partition coefficient (Wildman–Crippen LogP) is 1.22. The topological polar surface area (TPSA) is 64.8 Å². The maximum atomic E-state index is 11.9. The van der Waals surface area contributed by atoms with Crippen molar-refractivity contribution in [3.63, 3.8) is 0 Å². The van der Waals surface area contributed by atoms with E-state index < -0.39 is 5.60 Å². The number of Topliss-reactive ketones (excluding diaryl/α,β-unsaturated/α-hetero) is 1. The fourth-order valence-corrected chi connectivity index (χ4v) is 3.42. The largest absolute Gasteiger partial charge is 0.382 e. The highest BCUT2D eigenvalue weighted by Crippen LogP contribution is 2.35. The number of carbonyl (C=O) groups is 1. The highest BCUT2D eigenvalue weighted by atomic mass is 16.5. The molecule has 21 heavy (non-hydrogen) atoms. The molecule has 122 valence electrons. The highest BCUT2D eigenvalue weighted by Gasteiger charge is 2.48. The molecule has 1 rings (SSSR count). The highest BCUT2D eigenvalue weighted by molar-refractivity contribution is 5.82. The van der Waals surface area contributed by atoms with Crippen molar-refractivity contribution < 1.29 is 14.3 Å². The molecule has 5 atom stereocenters. The van der Waals surface area contributed by atoms with Gasteiger partial charge in [0.25, 0.3) is 0 Å². The SMILES string of the molecule is C/C=C\[C@@H]1C[C@H](C(C)=O)N(C)[C@H]1[C@@H](N)[C@](C)(COC)OC. The van der Waals surface area contributed by atoms with Crippen molar-refractivity contribution in [3.8, 4) is 0 Å². The first-order valence-electron chi connectivity index (χ1n) is 7.47. The van der Waals surface area contributed by atoms with Crippen LogP contribution in [-0.2, 0) is 14.3 Å². The summed E-state index contributed by atoms with van der Waals surface area (Å²) in [4.78, 5) is 14.0. The fourth-order valence-electron chi connectivity index (χ4n) is 3.42. The molecule has 1 heterocycles. The minimum atomic E-state index is -0.584. The molecule has 0 aromatic carbocycles. The van der Waals surface area contributed by atoms with Crippen LogP contribution in [-0.4, -0.2) is 62.3 Å². The van der Waals surface area contributed by atoms with Crippen LogP contribution in [0.5, 0.6) is 0 Å². The van der Waals surface area contributed by atoms with E-state index in [0.717, 1.165) is 6.42 Å². The van der Waals surface area contributed by atoms with Crippen molar-refractivity contribution in [1.82, 2.24) is 4.90 Å². The molecule has 0 aromatic heterocycles.